The highest BCUT2D eigenvalue weighted by molar-refractivity contribution is 5.94. The summed E-state index contributed by atoms with van der Waals surface area (Å²) < 4.78 is 5.41. The third kappa shape index (κ3) is 4.68. The molecule has 122 valence electrons. The summed E-state index contributed by atoms with van der Waals surface area (Å²) in [5, 5.41) is 11.6. The van der Waals surface area contributed by atoms with E-state index in [-0.39, 0.29) is 24.3 Å². The summed E-state index contributed by atoms with van der Waals surface area (Å²) in [6.07, 6.45) is 0. The average molecular weight is 322 g/mol. The van der Waals surface area contributed by atoms with Gasteiger partial charge in [-0.15, -0.1) is 0 Å². The topological polar surface area (TPSA) is 79.2 Å². The van der Waals surface area contributed by atoms with E-state index >= 15 is 0 Å². The van der Waals surface area contributed by atoms with E-state index < -0.39 is 0 Å². The average Bonchev–Trinajstić information content (AvgIpc) is 2.60. The monoisotopic (exact) mass is 322 g/mol. The zero-order valence-electron chi connectivity index (χ0n) is 13.6. The van der Waals surface area contributed by atoms with Gasteiger partial charge in [0.25, 0.3) is 5.91 Å². The number of ketones is 1. The Morgan fingerprint density at radius 3 is 2.29 bits per heavy atom. The van der Waals surface area contributed by atoms with Gasteiger partial charge in [0.15, 0.2) is 12.4 Å². The minimum absolute atomic E-state index is 0.0180. The maximum absolute atomic E-state index is 12.0. The number of benzene rings is 2. The molecule has 0 aliphatic rings. The lowest BCUT2D eigenvalue weighted by Crippen LogP contribution is -2.31. The number of ether oxygens (including phenoxy) is 1. The van der Waals surface area contributed by atoms with Gasteiger partial charge in [0, 0.05) is 5.56 Å². The van der Waals surface area contributed by atoms with Crippen molar-refractivity contribution in [2.24, 2.45) is 0 Å². The maximum Gasteiger partial charge on any atom is 0.258 e. The normalized spacial score (nSPS) is 11.2. The number of amides is 1. The predicted octanol–water partition coefficient (Wildman–Crippen LogP) is 3.02. The molecule has 24 heavy (non-hydrogen) atoms. The van der Waals surface area contributed by atoms with Crippen LogP contribution in [-0.2, 0) is 4.79 Å². The Morgan fingerprint density at radius 2 is 1.75 bits per heavy atom. The van der Waals surface area contributed by atoms with Crippen LogP contribution in [0.5, 0.6) is 5.75 Å². The van der Waals surface area contributed by atoms with Crippen LogP contribution in [0.25, 0.3) is 0 Å². The van der Waals surface area contributed by atoms with E-state index in [2.05, 4.69) is 11.4 Å². The van der Waals surface area contributed by atoms with Crippen LogP contribution in [0, 0.1) is 11.3 Å². The number of hydrogen-bond acceptors (Lipinski definition) is 4. The van der Waals surface area contributed by atoms with E-state index in [1.807, 2.05) is 19.1 Å². The van der Waals surface area contributed by atoms with Gasteiger partial charge < -0.3 is 10.1 Å². The number of rotatable bonds is 6. The minimum atomic E-state index is -0.248. The lowest BCUT2D eigenvalue weighted by Gasteiger charge is -2.15. The molecule has 0 aromatic heterocycles. The molecule has 0 bridgehead atoms. The van der Waals surface area contributed by atoms with Crippen molar-refractivity contribution in [1.29, 1.82) is 5.26 Å². The number of nitrogens with one attached hydrogen (secondary N) is 1. The molecule has 0 fully saturated rings. The lowest BCUT2D eigenvalue weighted by atomic mass is 10.1. The molecular formula is C19H18N2O3. The fraction of sp³-hybridized carbons (Fsp3) is 0.211. The summed E-state index contributed by atoms with van der Waals surface area (Å²) >= 11 is 0. The second kappa shape index (κ2) is 7.93. The van der Waals surface area contributed by atoms with Crippen LogP contribution in [0.15, 0.2) is 48.5 Å². The van der Waals surface area contributed by atoms with Gasteiger partial charge in [0.05, 0.1) is 17.7 Å². The number of nitrogens with zero attached hydrogens (tertiary/aromatic N) is 1. The Bertz CT molecular complexity index is 759. The molecule has 0 saturated heterocycles. The van der Waals surface area contributed by atoms with Gasteiger partial charge in [-0.25, -0.2) is 0 Å². The van der Waals surface area contributed by atoms with E-state index in [4.69, 9.17) is 10.00 Å². The lowest BCUT2D eigenvalue weighted by molar-refractivity contribution is -0.123. The van der Waals surface area contributed by atoms with Crippen LogP contribution in [0.4, 0.5) is 0 Å². The largest absolute Gasteiger partial charge is 0.484 e. The summed E-state index contributed by atoms with van der Waals surface area (Å²) in [4.78, 5) is 23.2. The molecule has 1 atom stereocenters. The Kier molecular flexibility index (Phi) is 5.69. The fourth-order valence-corrected chi connectivity index (χ4v) is 2.15. The van der Waals surface area contributed by atoms with Gasteiger partial charge in [-0.05, 0) is 55.8 Å². The Balaban J connectivity index is 1.86. The molecule has 1 amide bonds. The number of carbonyl (C=O) groups excluding carboxylic acids is 2. The van der Waals surface area contributed by atoms with Crippen molar-refractivity contribution in [2.45, 2.75) is 19.9 Å². The van der Waals surface area contributed by atoms with Gasteiger partial charge in [-0.2, -0.15) is 5.26 Å². The van der Waals surface area contributed by atoms with E-state index in [0.29, 0.717) is 16.9 Å². The van der Waals surface area contributed by atoms with Gasteiger partial charge in [-0.3, -0.25) is 9.59 Å². The quantitative estimate of drug-likeness (QED) is 0.829. The first-order chi connectivity index (χ1) is 11.5. The Labute approximate surface area is 140 Å². The first-order valence-electron chi connectivity index (χ1n) is 7.53. The van der Waals surface area contributed by atoms with Crippen LogP contribution < -0.4 is 10.1 Å². The van der Waals surface area contributed by atoms with E-state index in [1.54, 1.807) is 36.4 Å². The Morgan fingerprint density at radius 1 is 1.12 bits per heavy atom. The van der Waals surface area contributed by atoms with Crippen molar-refractivity contribution in [3.8, 4) is 11.8 Å². The Hall–Kier alpha value is -3.13. The number of hydrogen-bond donors (Lipinski definition) is 1. The summed E-state index contributed by atoms with van der Waals surface area (Å²) in [7, 11) is 0. The third-order valence-corrected chi connectivity index (χ3v) is 3.55. The molecule has 0 aliphatic carbocycles. The molecule has 5 heteroatoms. The van der Waals surface area contributed by atoms with Crippen LogP contribution in [0.1, 0.15) is 41.4 Å². The minimum Gasteiger partial charge on any atom is -0.484 e. The van der Waals surface area contributed by atoms with Crippen molar-refractivity contribution >= 4 is 11.7 Å². The van der Waals surface area contributed by atoms with Crippen molar-refractivity contribution in [2.75, 3.05) is 6.61 Å². The number of carbonyl (C=O) groups is 2. The molecule has 0 spiro atoms. The van der Waals surface area contributed by atoms with Crippen LogP contribution in [0.3, 0.4) is 0 Å². The van der Waals surface area contributed by atoms with E-state index in [1.165, 1.54) is 6.92 Å². The second-order valence-corrected chi connectivity index (χ2v) is 5.39. The molecule has 2 aromatic carbocycles. The summed E-state index contributed by atoms with van der Waals surface area (Å²) in [6, 6.07) is 15.6. The first kappa shape index (κ1) is 17.2. The zero-order chi connectivity index (χ0) is 17.5. The highest BCUT2D eigenvalue weighted by Crippen LogP contribution is 2.14. The summed E-state index contributed by atoms with van der Waals surface area (Å²) in [6.45, 7) is 3.24. The molecule has 2 aromatic rings. The molecule has 0 heterocycles. The molecule has 5 nitrogen and oxygen atoms in total. The molecule has 1 N–H and O–H groups in total. The fourth-order valence-electron chi connectivity index (χ4n) is 2.15. The molecule has 2 rings (SSSR count). The summed E-state index contributed by atoms with van der Waals surface area (Å²) in [5.74, 6) is 0.263. The molecule has 0 radical (unpaired) electrons. The number of Topliss-reactive ketones (excluding diaryl/α,β-unsaturated/α-hetero) is 1. The first-order valence-corrected chi connectivity index (χ1v) is 7.53. The van der Waals surface area contributed by atoms with Crippen LogP contribution >= 0.6 is 0 Å². The third-order valence-electron chi connectivity index (χ3n) is 3.55. The number of nitriles is 1. The highest BCUT2D eigenvalue weighted by atomic mass is 16.5. The zero-order valence-corrected chi connectivity index (χ0v) is 13.6. The molecular weight excluding hydrogens is 304 g/mol. The van der Waals surface area contributed by atoms with Gasteiger partial charge >= 0.3 is 0 Å². The van der Waals surface area contributed by atoms with Gasteiger partial charge in [0.1, 0.15) is 5.75 Å². The van der Waals surface area contributed by atoms with Gasteiger partial charge in [0.2, 0.25) is 0 Å². The van der Waals surface area contributed by atoms with Crippen molar-refractivity contribution < 1.29 is 14.3 Å². The molecule has 0 saturated carbocycles. The van der Waals surface area contributed by atoms with Crippen LogP contribution in [-0.4, -0.2) is 18.3 Å². The standard InChI is InChI=1S/C19H18N2O3/c1-13(16-5-3-15(11-20)4-6-16)21-19(23)12-24-18-9-7-17(8-10-18)14(2)22/h3-10,13H,12H2,1-2H3,(H,21,23). The van der Waals surface area contributed by atoms with E-state index in [9.17, 15) is 9.59 Å². The maximum atomic E-state index is 12.0. The van der Waals surface area contributed by atoms with Crippen molar-refractivity contribution in [1.82, 2.24) is 5.32 Å². The van der Waals surface area contributed by atoms with Crippen LogP contribution in [0.2, 0.25) is 0 Å². The van der Waals surface area contributed by atoms with Gasteiger partial charge in [-0.1, -0.05) is 12.1 Å². The van der Waals surface area contributed by atoms with Crippen molar-refractivity contribution in [3.05, 3.63) is 65.2 Å². The molecule has 0 aliphatic heterocycles. The smallest absolute Gasteiger partial charge is 0.258 e. The summed E-state index contributed by atoms with van der Waals surface area (Å²) in [5.41, 5.74) is 2.09. The highest BCUT2D eigenvalue weighted by Gasteiger charge is 2.10. The SMILES string of the molecule is CC(=O)c1ccc(OCC(=O)NC(C)c2ccc(C#N)cc2)cc1. The predicted molar refractivity (Wildman–Crippen MR) is 89.7 cm³/mol. The second-order valence-electron chi connectivity index (χ2n) is 5.39. The molecule has 1 unspecified atom stereocenters. The van der Waals surface area contributed by atoms with E-state index in [0.717, 1.165) is 5.56 Å². The van der Waals surface area contributed by atoms with Crippen molar-refractivity contribution in [3.63, 3.8) is 0 Å².